The average molecular weight is 252 g/mol. The summed E-state index contributed by atoms with van der Waals surface area (Å²) < 4.78 is 11.4. The molecular formula is C14H24O2Si. The molecule has 0 bridgehead atoms. The van der Waals surface area contributed by atoms with Crippen LogP contribution in [0.4, 0.5) is 0 Å². The smallest absolute Gasteiger partial charge is 0.183 e. The van der Waals surface area contributed by atoms with Gasteiger partial charge in [-0.2, -0.15) is 0 Å². The maximum absolute atomic E-state index is 5.76. The molecule has 2 nitrogen and oxygen atoms in total. The quantitative estimate of drug-likeness (QED) is 0.542. The SMILES string of the molecule is CCc1ccc(OCCCO[Si](C)(C)C)cc1. The fraction of sp³-hybridized carbons (Fsp3) is 0.571. The predicted octanol–water partition coefficient (Wildman–Crippen LogP) is 3.87. The maximum Gasteiger partial charge on any atom is 0.183 e. The van der Waals surface area contributed by atoms with Crippen LogP contribution in [0.2, 0.25) is 19.6 Å². The Balaban J connectivity index is 2.18. The molecule has 0 amide bonds. The van der Waals surface area contributed by atoms with Crippen molar-refractivity contribution in [3.63, 3.8) is 0 Å². The van der Waals surface area contributed by atoms with Gasteiger partial charge in [-0.15, -0.1) is 0 Å². The lowest BCUT2D eigenvalue weighted by Crippen LogP contribution is -2.26. The van der Waals surface area contributed by atoms with Crippen LogP contribution >= 0.6 is 0 Å². The highest BCUT2D eigenvalue weighted by Gasteiger charge is 2.12. The molecule has 0 unspecified atom stereocenters. The van der Waals surface area contributed by atoms with E-state index in [9.17, 15) is 0 Å². The highest BCUT2D eigenvalue weighted by Crippen LogP contribution is 2.12. The van der Waals surface area contributed by atoms with Crippen LogP contribution in [0.5, 0.6) is 5.75 Å². The monoisotopic (exact) mass is 252 g/mol. The number of rotatable bonds is 7. The Hall–Kier alpha value is -0.803. The number of ether oxygens (including phenoxy) is 1. The first kappa shape index (κ1) is 14.3. The summed E-state index contributed by atoms with van der Waals surface area (Å²) in [4.78, 5) is 0. The molecule has 0 saturated carbocycles. The van der Waals surface area contributed by atoms with Gasteiger partial charge in [0.15, 0.2) is 8.32 Å². The van der Waals surface area contributed by atoms with Crippen LogP contribution in [0.1, 0.15) is 18.9 Å². The summed E-state index contributed by atoms with van der Waals surface area (Å²) in [5.41, 5.74) is 1.35. The fourth-order valence-corrected chi connectivity index (χ4v) is 2.21. The van der Waals surface area contributed by atoms with Gasteiger partial charge in [0.1, 0.15) is 5.75 Å². The summed E-state index contributed by atoms with van der Waals surface area (Å²) in [5, 5.41) is 0. The summed E-state index contributed by atoms with van der Waals surface area (Å²) in [7, 11) is -1.35. The Morgan fingerprint density at radius 1 is 1.00 bits per heavy atom. The van der Waals surface area contributed by atoms with Gasteiger partial charge in [0.2, 0.25) is 0 Å². The fourth-order valence-electron chi connectivity index (χ4n) is 1.45. The second-order valence-corrected chi connectivity index (χ2v) is 9.67. The molecule has 1 aromatic carbocycles. The standard InChI is InChI=1S/C14H24O2Si/c1-5-13-7-9-14(10-8-13)15-11-6-12-16-17(2,3)4/h7-10H,5-6,11-12H2,1-4H3. The summed E-state index contributed by atoms with van der Waals surface area (Å²) >= 11 is 0. The summed E-state index contributed by atoms with van der Waals surface area (Å²) in [6.07, 6.45) is 2.03. The van der Waals surface area contributed by atoms with Crippen molar-refractivity contribution in [2.24, 2.45) is 0 Å². The van der Waals surface area contributed by atoms with E-state index in [0.717, 1.165) is 31.8 Å². The van der Waals surface area contributed by atoms with Crippen LogP contribution < -0.4 is 4.74 Å². The van der Waals surface area contributed by atoms with Crippen LogP contribution in [0.15, 0.2) is 24.3 Å². The Morgan fingerprint density at radius 3 is 2.18 bits per heavy atom. The van der Waals surface area contributed by atoms with Crippen molar-refractivity contribution in [2.45, 2.75) is 39.4 Å². The second kappa shape index (κ2) is 6.82. The zero-order chi connectivity index (χ0) is 12.7. The lowest BCUT2D eigenvalue weighted by molar-refractivity contribution is 0.244. The van der Waals surface area contributed by atoms with Gasteiger partial charge in [0.25, 0.3) is 0 Å². The molecule has 0 aliphatic heterocycles. The van der Waals surface area contributed by atoms with E-state index in [-0.39, 0.29) is 0 Å². The van der Waals surface area contributed by atoms with Crippen LogP contribution in [0, 0.1) is 0 Å². The zero-order valence-electron chi connectivity index (χ0n) is 11.5. The van der Waals surface area contributed by atoms with Gasteiger partial charge >= 0.3 is 0 Å². The van der Waals surface area contributed by atoms with Gasteiger partial charge < -0.3 is 9.16 Å². The molecular weight excluding hydrogens is 228 g/mol. The lowest BCUT2D eigenvalue weighted by atomic mass is 10.2. The number of benzene rings is 1. The minimum absolute atomic E-state index is 0.732. The van der Waals surface area contributed by atoms with Crippen LogP contribution in [-0.2, 0) is 10.8 Å². The van der Waals surface area contributed by atoms with E-state index in [1.165, 1.54) is 5.56 Å². The third kappa shape index (κ3) is 6.49. The van der Waals surface area contributed by atoms with Gasteiger partial charge in [-0.05, 0) is 43.8 Å². The zero-order valence-corrected chi connectivity index (χ0v) is 12.5. The van der Waals surface area contributed by atoms with Gasteiger partial charge in [0, 0.05) is 13.0 Å². The molecule has 17 heavy (non-hydrogen) atoms. The van der Waals surface area contributed by atoms with Crippen LogP contribution in [0.3, 0.4) is 0 Å². The second-order valence-electron chi connectivity index (χ2n) is 5.16. The van der Waals surface area contributed by atoms with Crippen molar-refractivity contribution in [3.8, 4) is 5.75 Å². The van der Waals surface area contributed by atoms with Crippen LogP contribution in [0.25, 0.3) is 0 Å². The van der Waals surface area contributed by atoms with Crippen molar-refractivity contribution in [1.29, 1.82) is 0 Å². The third-order valence-corrected chi connectivity index (χ3v) is 3.49. The van der Waals surface area contributed by atoms with E-state index in [0.29, 0.717) is 0 Å². The van der Waals surface area contributed by atoms with Gasteiger partial charge in [-0.1, -0.05) is 19.1 Å². The number of aryl methyl sites for hydroxylation is 1. The molecule has 96 valence electrons. The Morgan fingerprint density at radius 2 is 1.65 bits per heavy atom. The minimum Gasteiger partial charge on any atom is -0.494 e. The summed E-state index contributed by atoms with van der Waals surface area (Å²) in [6.45, 7) is 10.3. The molecule has 1 aromatic rings. The average Bonchev–Trinajstić information content (AvgIpc) is 2.28. The van der Waals surface area contributed by atoms with Crippen molar-refractivity contribution < 1.29 is 9.16 Å². The number of hydrogen-bond acceptors (Lipinski definition) is 2. The lowest BCUT2D eigenvalue weighted by Gasteiger charge is -2.17. The largest absolute Gasteiger partial charge is 0.494 e. The Labute approximate surface area is 106 Å². The van der Waals surface area contributed by atoms with Crippen LogP contribution in [-0.4, -0.2) is 21.5 Å². The van der Waals surface area contributed by atoms with E-state index in [1.54, 1.807) is 0 Å². The Bertz CT molecular complexity index is 314. The third-order valence-electron chi connectivity index (χ3n) is 2.42. The predicted molar refractivity (Wildman–Crippen MR) is 75.2 cm³/mol. The normalized spacial score (nSPS) is 11.5. The molecule has 3 heteroatoms. The van der Waals surface area contributed by atoms with E-state index in [2.05, 4.69) is 38.7 Å². The van der Waals surface area contributed by atoms with Gasteiger partial charge in [-0.25, -0.2) is 0 Å². The van der Waals surface area contributed by atoms with Crippen molar-refractivity contribution in [1.82, 2.24) is 0 Å². The van der Waals surface area contributed by atoms with Crippen molar-refractivity contribution >= 4 is 8.32 Å². The topological polar surface area (TPSA) is 18.5 Å². The van der Waals surface area contributed by atoms with Crippen molar-refractivity contribution in [3.05, 3.63) is 29.8 Å². The minimum atomic E-state index is -1.35. The molecule has 0 heterocycles. The Kier molecular flexibility index (Phi) is 5.72. The molecule has 0 saturated heterocycles. The molecule has 0 aliphatic rings. The van der Waals surface area contributed by atoms with E-state index >= 15 is 0 Å². The highest BCUT2D eigenvalue weighted by molar-refractivity contribution is 6.69. The molecule has 0 spiro atoms. The summed E-state index contributed by atoms with van der Waals surface area (Å²) in [6, 6.07) is 8.32. The van der Waals surface area contributed by atoms with E-state index in [1.807, 2.05) is 12.1 Å². The summed E-state index contributed by atoms with van der Waals surface area (Å²) in [5.74, 6) is 0.954. The van der Waals surface area contributed by atoms with Crippen molar-refractivity contribution in [2.75, 3.05) is 13.2 Å². The molecule has 0 aliphatic carbocycles. The molecule has 0 N–H and O–H groups in total. The molecule has 0 aromatic heterocycles. The molecule has 0 atom stereocenters. The first-order valence-corrected chi connectivity index (χ1v) is 9.78. The van der Waals surface area contributed by atoms with E-state index in [4.69, 9.17) is 9.16 Å². The maximum atomic E-state index is 5.76. The first-order valence-electron chi connectivity index (χ1n) is 6.37. The van der Waals surface area contributed by atoms with Gasteiger partial charge in [0.05, 0.1) is 6.61 Å². The van der Waals surface area contributed by atoms with E-state index < -0.39 is 8.32 Å². The highest BCUT2D eigenvalue weighted by atomic mass is 28.4. The number of hydrogen-bond donors (Lipinski definition) is 0. The first-order chi connectivity index (χ1) is 8.01. The molecule has 1 rings (SSSR count). The molecule has 0 fully saturated rings. The molecule has 0 radical (unpaired) electrons. The van der Waals surface area contributed by atoms with Gasteiger partial charge in [-0.3, -0.25) is 0 Å².